The predicted molar refractivity (Wildman–Crippen MR) is 120 cm³/mol. The summed E-state index contributed by atoms with van der Waals surface area (Å²) in [5, 5.41) is 0. The van der Waals surface area contributed by atoms with E-state index in [9.17, 15) is 4.79 Å². The maximum atomic E-state index is 13.5. The van der Waals surface area contributed by atoms with E-state index in [2.05, 4.69) is 45.5 Å². The second-order valence-electron chi connectivity index (χ2n) is 9.93. The zero-order valence-electron chi connectivity index (χ0n) is 18.7. The number of amides is 1. The van der Waals surface area contributed by atoms with Gasteiger partial charge in [-0.05, 0) is 68.7 Å². The van der Waals surface area contributed by atoms with Crippen molar-refractivity contribution >= 4 is 5.91 Å². The SMILES string of the molecule is CC(C)C1CC(C(=O)N(Cc2cccnc2)CC2CCN(C3CCCC3)CC2)NN1. The summed E-state index contributed by atoms with van der Waals surface area (Å²) in [5.41, 5.74) is 7.71. The van der Waals surface area contributed by atoms with Crippen LogP contribution in [0.25, 0.3) is 0 Å². The highest BCUT2D eigenvalue weighted by Gasteiger charge is 2.35. The van der Waals surface area contributed by atoms with Gasteiger partial charge in [-0.15, -0.1) is 0 Å². The molecule has 30 heavy (non-hydrogen) atoms. The monoisotopic (exact) mass is 413 g/mol. The lowest BCUT2D eigenvalue weighted by molar-refractivity contribution is -0.134. The van der Waals surface area contributed by atoms with E-state index >= 15 is 0 Å². The zero-order valence-corrected chi connectivity index (χ0v) is 18.7. The fourth-order valence-corrected chi connectivity index (χ4v) is 5.43. The van der Waals surface area contributed by atoms with E-state index in [4.69, 9.17) is 0 Å². The molecule has 2 atom stereocenters. The Balaban J connectivity index is 1.37. The third kappa shape index (κ3) is 5.40. The maximum absolute atomic E-state index is 13.5. The predicted octanol–water partition coefficient (Wildman–Crippen LogP) is 2.96. The number of carbonyl (C=O) groups is 1. The van der Waals surface area contributed by atoms with Crippen molar-refractivity contribution in [2.75, 3.05) is 19.6 Å². The third-order valence-electron chi connectivity index (χ3n) is 7.41. The number of likely N-dealkylation sites (tertiary alicyclic amines) is 1. The van der Waals surface area contributed by atoms with Gasteiger partial charge in [0.1, 0.15) is 6.04 Å². The molecule has 4 rings (SSSR count). The average Bonchev–Trinajstić information content (AvgIpc) is 3.46. The third-order valence-corrected chi connectivity index (χ3v) is 7.41. The van der Waals surface area contributed by atoms with Crippen LogP contribution in [0.4, 0.5) is 0 Å². The molecule has 0 radical (unpaired) electrons. The second kappa shape index (κ2) is 10.2. The average molecular weight is 414 g/mol. The smallest absolute Gasteiger partial charge is 0.241 e. The molecular weight excluding hydrogens is 374 g/mol. The molecule has 6 heteroatoms. The lowest BCUT2D eigenvalue weighted by Crippen LogP contribution is -2.48. The molecule has 1 aliphatic carbocycles. The molecule has 3 heterocycles. The van der Waals surface area contributed by atoms with Crippen molar-refractivity contribution in [1.82, 2.24) is 25.6 Å². The van der Waals surface area contributed by atoms with Crippen LogP contribution in [0.3, 0.4) is 0 Å². The summed E-state index contributed by atoms with van der Waals surface area (Å²) >= 11 is 0. The molecule has 1 aromatic heterocycles. The van der Waals surface area contributed by atoms with Crippen molar-refractivity contribution < 1.29 is 4.79 Å². The van der Waals surface area contributed by atoms with Gasteiger partial charge in [-0.2, -0.15) is 0 Å². The molecule has 3 fully saturated rings. The minimum atomic E-state index is -0.132. The molecule has 1 saturated carbocycles. The molecule has 0 aromatic carbocycles. The molecule has 166 valence electrons. The van der Waals surface area contributed by atoms with Gasteiger partial charge >= 0.3 is 0 Å². The Kier molecular flexibility index (Phi) is 7.39. The van der Waals surface area contributed by atoms with Gasteiger partial charge < -0.3 is 9.80 Å². The number of nitrogens with zero attached hydrogens (tertiary/aromatic N) is 3. The van der Waals surface area contributed by atoms with Crippen molar-refractivity contribution in [2.45, 2.75) is 83.5 Å². The lowest BCUT2D eigenvalue weighted by Gasteiger charge is -2.38. The summed E-state index contributed by atoms with van der Waals surface area (Å²) in [6.45, 7) is 8.32. The molecule has 2 aliphatic heterocycles. The van der Waals surface area contributed by atoms with E-state index < -0.39 is 0 Å². The van der Waals surface area contributed by atoms with Gasteiger partial charge in [-0.25, -0.2) is 5.43 Å². The molecule has 3 aliphatic rings. The number of hydrogen-bond acceptors (Lipinski definition) is 5. The highest BCUT2D eigenvalue weighted by atomic mass is 16.2. The van der Waals surface area contributed by atoms with E-state index in [0.29, 0.717) is 24.4 Å². The van der Waals surface area contributed by atoms with Crippen molar-refractivity contribution in [2.24, 2.45) is 11.8 Å². The quantitative estimate of drug-likeness (QED) is 0.720. The van der Waals surface area contributed by atoms with Crippen LogP contribution < -0.4 is 10.9 Å². The fraction of sp³-hybridized carbons (Fsp3) is 0.750. The van der Waals surface area contributed by atoms with Gasteiger partial charge in [0.25, 0.3) is 0 Å². The minimum absolute atomic E-state index is 0.132. The summed E-state index contributed by atoms with van der Waals surface area (Å²) in [6, 6.07) is 5.08. The van der Waals surface area contributed by atoms with Crippen molar-refractivity contribution in [3.63, 3.8) is 0 Å². The van der Waals surface area contributed by atoms with Crippen LogP contribution in [0.1, 0.15) is 64.4 Å². The standard InChI is InChI=1S/C24H39N5O/c1-18(2)22-14-23(27-26-22)24(30)29(17-20-6-5-11-25-15-20)16-19-9-12-28(13-10-19)21-7-3-4-8-21/h5-6,11,15,18-19,21-23,26-27H,3-4,7-10,12-14,16-17H2,1-2H3. The highest BCUT2D eigenvalue weighted by molar-refractivity contribution is 5.82. The number of piperidine rings is 1. The van der Waals surface area contributed by atoms with Crippen LogP contribution in [0, 0.1) is 11.8 Å². The van der Waals surface area contributed by atoms with Gasteiger partial charge in [0.15, 0.2) is 0 Å². The van der Waals surface area contributed by atoms with Crippen molar-refractivity contribution in [3.8, 4) is 0 Å². The van der Waals surface area contributed by atoms with Crippen molar-refractivity contribution in [3.05, 3.63) is 30.1 Å². The Morgan fingerprint density at radius 3 is 2.60 bits per heavy atom. The number of pyridine rings is 1. The molecule has 2 unspecified atom stereocenters. The molecule has 2 N–H and O–H groups in total. The summed E-state index contributed by atoms with van der Waals surface area (Å²) in [4.78, 5) is 22.5. The first kappa shape index (κ1) is 21.7. The van der Waals surface area contributed by atoms with Gasteiger partial charge in [0, 0.05) is 37.6 Å². The van der Waals surface area contributed by atoms with Crippen LogP contribution in [-0.2, 0) is 11.3 Å². The van der Waals surface area contributed by atoms with E-state index in [1.54, 1.807) is 6.20 Å². The van der Waals surface area contributed by atoms with Crippen LogP contribution >= 0.6 is 0 Å². The first-order valence-electron chi connectivity index (χ1n) is 12.0. The van der Waals surface area contributed by atoms with Crippen LogP contribution in [0.5, 0.6) is 0 Å². The summed E-state index contributed by atoms with van der Waals surface area (Å²) < 4.78 is 0. The summed E-state index contributed by atoms with van der Waals surface area (Å²) in [7, 11) is 0. The maximum Gasteiger partial charge on any atom is 0.241 e. The number of aromatic nitrogens is 1. The number of hydrazine groups is 1. The Bertz CT molecular complexity index is 667. The van der Waals surface area contributed by atoms with Crippen molar-refractivity contribution in [1.29, 1.82) is 0 Å². The van der Waals surface area contributed by atoms with Gasteiger partial charge in [0.05, 0.1) is 0 Å². The second-order valence-corrected chi connectivity index (χ2v) is 9.93. The number of rotatable bonds is 7. The van der Waals surface area contributed by atoms with Gasteiger partial charge in [-0.3, -0.25) is 15.2 Å². The summed E-state index contributed by atoms with van der Waals surface area (Å²) in [6.07, 6.45) is 12.5. The van der Waals surface area contributed by atoms with E-state index in [0.717, 1.165) is 24.6 Å². The highest BCUT2D eigenvalue weighted by Crippen LogP contribution is 2.28. The molecule has 0 spiro atoms. The Morgan fingerprint density at radius 2 is 1.97 bits per heavy atom. The number of nitrogens with one attached hydrogen (secondary N) is 2. The van der Waals surface area contributed by atoms with Crippen LogP contribution in [-0.4, -0.2) is 58.5 Å². The summed E-state index contributed by atoms with van der Waals surface area (Å²) in [5.74, 6) is 1.34. The normalized spacial score (nSPS) is 26.5. The number of hydrogen-bond donors (Lipinski definition) is 2. The lowest BCUT2D eigenvalue weighted by atomic mass is 9.94. The van der Waals surface area contributed by atoms with E-state index in [-0.39, 0.29) is 11.9 Å². The first-order chi connectivity index (χ1) is 14.6. The largest absolute Gasteiger partial charge is 0.337 e. The molecule has 6 nitrogen and oxygen atoms in total. The molecule has 1 aromatic rings. The first-order valence-corrected chi connectivity index (χ1v) is 12.0. The number of carbonyl (C=O) groups excluding carboxylic acids is 1. The molecule has 1 amide bonds. The molecule has 0 bridgehead atoms. The Labute approximate surface area is 181 Å². The van der Waals surface area contributed by atoms with Gasteiger partial charge in [-0.1, -0.05) is 32.8 Å². The minimum Gasteiger partial charge on any atom is -0.337 e. The van der Waals surface area contributed by atoms with Crippen LogP contribution in [0.15, 0.2) is 24.5 Å². The van der Waals surface area contributed by atoms with E-state index in [1.165, 1.54) is 51.6 Å². The van der Waals surface area contributed by atoms with Crippen LogP contribution in [0.2, 0.25) is 0 Å². The fourth-order valence-electron chi connectivity index (χ4n) is 5.43. The molecule has 2 saturated heterocycles. The van der Waals surface area contributed by atoms with E-state index in [1.807, 2.05) is 12.3 Å². The molecular formula is C24H39N5O. The van der Waals surface area contributed by atoms with Gasteiger partial charge in [0.2, 0.25) is 5.91 Å². The zero-order chi connectivity index (χ0) is 20.9. The topological polar surface area (TPSA) is 60.5 Å². The Hall–Kier alpha value is -1.50. The Morgan fingerprint density at radius 1 is 1.20 bits per heavy atom.